The van der Waals surface area contributed by atoms with E-state index in [9.17, 15) is 0 Å². The lowest BCUT2D eigenvalue weighted by molar-refractivity contribution is 1.47. The van der Waals surface area contributed by atoms with Gasteiger partial charge in [0.05, 0.1) is 20.1 Å². The Morgan fingerprint density at radius 3 is 1.94 bits per heavy atom. The van der Waals surface area contributed by atoms with Gasteiger partial charge < -0.3 is 5.73 Å². The van der Waals surface area contributed by atoms with Crippen LogP contribution < -0.4 is 5.73 Å². The first kappa shape index (κ1) is 13.8. The number of halogens is 4. The van der Waals surface area contributed by atoms with Gasteiger partial charge in [-0.1, -0.05) is 58.5 Å². The van der Waals surface area contributed by atoms with Gasteiger partial charge in [-0.15, -0.1) is 0 Å². The van der Waals surface area contributed by atoms with E-state index in [0.717, 1.165) is 11.1 Å². The average Bonchev–Trinajstić information content (AvgIpc) is 2.31. The van der Waals surface area contributed by atoms with E-state index < -0.39 is 0 Å². The SMILES string of the molecule is Cc1ccc(-c2c(Cl)c(Cl)cc(Cl)c2Cl)cc1N. The van der Waals surface area contributed by atoms with Crippen LogP contribution in [0, 0.1) is 6.92 Å². The van der Waals surface area contributed by atoms with Crippen molar-refractivity contribution in [2.75, 3.05) is 5.73 Å². The maximum atomic E-state index is 6.18. The quantitative estimate of drug-likeness (QED) is 0.517. The molecule has 2 aromatic carbocycles. The summed E-state index contributed by atoms with van der Waals surface area (Å²) in [4.78, 5) is 0. The number of hydrogen-bond acceptors (Lipinski definition) is 1. The third kappa shape index (κ3) is 2.41. The highest BCUT2D eigenvalue weighted by atomic mass is 35.5. The Balaban J connectivity index is 2.74. The predicted molar refractivity (Wildman–Crippen MR) is 81.1 cm³/mol. The van der Waals surface area contributed by atoms with E-state index in [-0.39, 0.29) is 0 Å². The van der Waals surface area contributed by atoms with Crippen LogP contribution in [0.25, 0.3) is 11.1 Å². The van der Waals surface area contributed by atoms with Crippen molar-refractivity contribution in [1.82, 2.24) is 0 Å². The summed E-state index contributed by atoms with van der Waals surface area (Å²) in [6.45, 7) is 1.92. The lowest BCUT2D eigenvalue weighted by atomic mass is 10.0. The van der Waals surface area contributed by atoms with E-state index in [1.54, 1.807) is 6.07 Å². The van der Waals surface area contributed by atoms with Crippen molar-refractivity contribution in [2.45, 2.75) is 6.92 Å². The summed E-state index contributed by atoms with van der Waals surface area (Å²) < 4.78 is 0. The molecule has 0 unspecified atom stereocenters. The van der Waals surface area contributed by atoms with Crippen molar-refractivity contribution in [3.63, 3.8) is 0 Å². The summed E-state index contributed by atoms with van der Waals surface area (Å²) in [6.07, 6.45) is 0. The zero-order valence-corrected chi connectivity index (χ0v) is 12.4. The van der Waals surface area contributed by atoms with Crippen LogP contribution in [0.3, 0.4) is 0 Å². The molecule has 0 saturated carbocycles. The van der Waals surface area contributed by atoms with Crippen LogP contribution in [-0.4, -0.2) is 0 Å². The number of nitrogen functional groups attached to an aromatic ring is 1. The van der Waals surface area contributed by atoms with Gasteiger partial charge in [0.15, 0.2) is 0 Å². The van der Waals surface area contributed by atoms with Crippen molar-refractivity contribution >= 4 is 52.1 Å². The topological polar surface area (TPSA) is 26.0 Å². The number of aryl methyl sites for hydroxylation is 1. The molecule has 0 spiro atoms. The molecule has 2 rings (SSSR count). The Morgan fingerprint density at radius 2 is 1.44 bits per heavy atom. The predicted octanol–water partition coefficient (Wildman–Crippen LogP) is 5.86. The molecule has 0 bridgehead atoms. The van der Waals surface area contributed by atoms with Gasteiger partial charge in [0, 0.05) is 11.3 Å². The fourth-order valence-electron chi connectivity index (χ4n) is 1.62. The molecule has 0 aliphatic rings. The van der Waals surface area contributed by atoms with Crippen LogP contribution >= 0.6 is 46.4 Å². The minimum Gasteiger partial charge on any atom is -0.398 e. The third-order valence-electron chi connectivity index (χ3n) is 2.68. The number of benzene rings is 2. The molecule has 1 nitrogen and oxygen atoms in total. The van der Waals surface area contributed by atoms with Crippen LogP contribution in [0.15, 0.2) is 24.3 Å². The molecule has 0 heterocycles. The van der Waals surface area contributed by atoms with Crippen LogP contribution in [-0.2, 0) is 0 Å². The van der Waals surface area contributed by atoms with Crippen LogP contribution in [0.4, 0.5) is 5.69 Å². The normalized spacial score (nSPS) is 10.7. The average molecular weight is 321 g/mol. The third-order valence-corrected chi connectivity index (χ3v) is 4.25. The van der Waals surface area contributed by atoms with Crippen LogP contribution in [0.1, 0.15) is 5.56 Å². The smallest absolute Gasteiger partial charge is 0.0686 e. The fraction of sp³-hybridized carbons (Fsp3) is 0.0769. The summed E-state index contributed by atoms with van der Waals surface area (Å²) in [7, 11) is 0. The second-order valence-corrected chi connectivity index (χ2v) is 5.48. The molecule has 18 heavy (non-hydrogen) atoms. The summed E-state index contributed by atoms with van der Waals surface area (Å²) in [5.41, 5.74) is 8.92. The van der Waals surface area contributed by atoms with Crippen LogP contribution in [0.5, 0.6) is 0 Å². The highest BCUT2D eigenvalue weighted by Crippen LogP contribution is 2.43. The molecule has 5 heteroatoms. The molecule has 0 amide bonds. The summed E-state index contributed by atoms with van der Waals surface area (Å²) in [5, 5.41) is 1.46. The van der Waals surface area contributed by atoms with Gasteiger partial charge in [0.2, 0.25) is 0 Å². The molecule has 0 saturated heterocycles. The highest BCUT2D eigenvalue weighted by molar-refractivity contribution is 6.50. The molecule has 0 radical (unpaired) electrons. The van der Waals surface area contributed by atoms with E-state index in [1.165, 1.54) is 6.07 Å². The van der Waals surface area contributed by atoms with Crippen molar-refractivity contribution in [3.05, 3.63) is 49.9 Å². The lowest BCUT2D eigenvalue weighted by Gasteiger charge is -2.12. The molecule has 0 aliphatic carbocycles. The lowest BCUT2D eigenvalue weighted by Crippen LogP contribution is -1.91. The number of hydrogen-bond donors (Lipinski definition) is 1. The van der Waals surface area contributed by atoms with Gasteiger partial charge in [0.25, 0.3) is 0 Å². The molecular weight excluding hydrogens is 312 g/mol. The van der Waals surface area contributed by atoms with Gasteiger partial charge in [-0.3, -0.25) is 0 Å². The first-order valence-electron chi connectivity index (χ1n) is 5.11. The highest BCUT2D eigenvalue weighted by Gasteiger charge is 2.16. The minimum absolute atomic E-state index is 0.361. The second-order valence-electron chi connectivity index (χ2n) is 3.91. The van der Waals surface area contributed by atoms with E-state index in [2.05, 4.69) is 0 Å². The largest absolute Gasteiger partial charge is 0.398 e. The van der Waals surface area contributed by atoms with Crippen molar-refractivity contribution in [2.24, 2.45) is 0 Å². The van der Waals surface area contributed by atoms with Gasteiger partial charge in [0.1, 0.15) is 0 Å². The van der Waals surface area contributed by atoms with E-state index >= 15 is 0 Å². The van der Waals surface area contributed by atoms with E-state index in [1.807, 2.05) is 19.1 Å². The Morgan fingerprint density at radius 1 is 0.889 bits per heavy atom. The zero-order valence-electron chi connectivity index (χ0n) is 9.40. The maximum Gasteiger partial charge on any atom is 0.0686 e. The standard InChI is InChI=1S/C13H9Cl4N/c1-6-2-3-7(4-10(6)18)11-12(16)8(14)5-9(15)13(11)17/h2-5H,18H2,1H3. The Labute approximate surface area is 125 Å². The summed E-state index contributed by atoms with van der Waals surface area (Å²) >= 11 is 24.4. The van der Waals surface area contributed by atoms with Gasteiger partial charge in [-0.05, 0) is 30.2 Å². The summed E-state index contributed by atoms with van der Waals surface area (Å²) in [5.74, 6) is 0. The Hall–Kier alpha value is -0.600. The minimum atomic E-state index is 0.361. The molecule has 0 atom stereocenters. The molecule has 2 N–H and O–H groups in total. The Bertz CT molecular complexity index is 597. The summed E-state index contributed by atoms with van der Waals surface area (Å²) in [6, 6.07) is 7.10. The molecule has 0 aromatic heterocycles. The molecule has 0 fully saturated rings. The van der Waals surface area contributed by atoms with Gasteiger partial charge in [-0.2, -0.15) is 0 Å². The second kappa shape index (κ2) is 5.18. The zero-order chi connectivity index (χ0) is 13.4. The van der Waals surface area contributed by atoms with E-state index in [0.29, 0.717) is 31.3 Å². The van der Waals surface area contributed by atoms with Gasteiger partial charge >= 0.3 is 0 Å². The molecule has 2 aromatic rings. The fourth-order valence-corrected chi connectivity index (χ4v) is 2.65. The maximum absolute atomic E-state index is 6.18. The Kier molecular flexibility index (Phi) is 3.98. The van der Waals surface area contributed by atoms with Crippen molar-refractivity contribution < 1.29 is 0 Å². The first-order chi connectivity index (χ1) is 8.41. The molecular formula is C13H9Cl4N. The first-order valence-corrected chi connectivity index (χ1v) is 6.62. The van der Waals surface area contributed by atoms with Crippen LogP contribution in [0.2, 0.25) is 20.1 Å². The molecule has 94 valence electrons. The van der Waals surface area contributed by atoms with Crippen molar-refractivity contribution in [3.8, 4) is 11.1 Å². The number of rotatable bonds is 1. The van der Waals surface area contributed by atoms with Gasteiger partial charge in [-0.25, -0.2) is 0 Å². The molecule has 0 aliphatic heterocycles. The van der Waals surface area contributed by atoms with E-state index in [4.69, 9.17) is 52.1 Å². The number of nitrogens with two attached hydrogens (primary N) is 1. The number of anilines is 1. The van der Waals surface area contributed by atoms with Crippen molar-refractivity contribution in [1.29, 1.82) is 0 Å². The monoisotopic (exact) mass is 319 g/mol.